The molecule has 2 aromatic carbocycles. The number of para-hydroxylation sites is 1. The van der Waals surface area contributed by atoms with Gasteiger partial charge in [-0.25, -0.2) is 0 Å². The number of carbonyl (C=O) groups excluding carboxylic acids is 2. The predicted octanol–water partition coefficient (Wildman–Crippen LogP) is 2.18. The number of hydrogen-bond acceptors (Lipinski definition) is 4. The van der Waals surface area contributed by atoms with Gasteiger partial charge in [0, 0.05) is 30.4 Å². The molecule has 0 aromatic heterocycles. The zero-order valence-electron chi connectivity index (χ0n) is 15.1. The molecular weight excluding hydrogens is 342 g/mol. The van der Waals surface area contributed by atoms with Gasteiger partial charge in [0.05, 0.1) is 0 Å². The third-order valence-corrected chi connectivity index (χ3v) is 5.26. The molecule has 0 spiro atoms. The van der Waals surface area contributed by atoms with Gasteiger partial charge in [0.2, 0.25) is 0 Å². The third-order valence-electron chi connectivity index (χ3n) is 5.26. The largest absolute Gasteiger partial charge is 0.484 e. The molecule has 2 N–H and O–H groups in total. The van der Waals surface area contributed by atoms with Crippen molar-refractivity contribution in [3.8, 4) is 5.75 Å². The number of ether oxygens (including phenoxy) is 1. The van der Waals surface area contributed by atoms with E-state index in [0.717, 1.165) is 25.2 Å². The standard InChI is InChI=1S/C21H23N3O3/c22-20(25)14-27-18-8-3-6-15(11-18)21(26)24-13-17-7-4-10-23(17)12-16-5-1-2-9-19(16)24/h1-3,5-6,8-9,11,17H,4,7,10,12-14H2,(H2,22,25). The Labute approximate surface area is 158 Å². The summed E-state index contributed by atoms with van der Waals surface area (Å²) in [7, 11) is 0. The van der Waals surface area contributed by atoms with Crippen LogP contribution in [-0.4, -0.2) is 42.5 Å². The van der Waals surface area contributed by atoms with E-state index in [0.29, 0.717) is 23.9 Å². The highest BCUT2D eigenvalue weighted by atomic mass is 16.5. The van der Waals surface area contributed by atoms with Crippen LogP contribution in [0.2, 0.25) is 0 Å². The molecule has 2 aliphatic rings. The number of primary amides is 1. The van der Waals surface area contributed by atoms with Crippen LogP contribution in [-0.2, 0) is 11.3 Å². The summed E-state index contributed by atoms with van der Waals surface area (Å²) in [5.41, 5.74) is 7.82. The van der Waals surface area contributed by atoms with Gasteiger partial charge in [-0.1, -0.05) is 24.3 Å². The van der Waals surface area contributed by atoms with Gasteiger partial charge < -0.3 is 15.4 Å². The average molecular weight is 365 g/mol. The van der Waals surface area contributed by atoms with Gasteiger partial charge in [-0.15, -0.1) is 0 Å². The second kappa shape index (κ2) is 7.40. The first-order chi connectivity index (χ1) is 13.1. The molecule has 1 saturated heterocycles. The van der Waals surface area contributed by atoms with Gasteiger partial charge in [0.15, 0.2) is 6.61 Å². The molecule has 0 aliphatic carbocycles. The van der Waals surface area contributed by atoms with Crippen LogP contribution < -0.4 is 15.4 Å². The molecule has 4 rings (SSSR count). The molecule has 6 heteroatoms. The van der Waals surface area contributed by atoms with Crippen LogP contribution in [0.4, 0.5) is 5.69 Å². The minimum Gasteiger partial charge on any atom is -0.484 e. The highest BCUT2D eigenvalue weighted by Crippen LogP contribution is 2.32. The van der Waals surface area contributed by atoms with Crippen molar-refractivity contribution in [2.24, 2.45) is 5.73 Å². The van der Waals surface area contributed by atoms with Crippen molar-refractivity contribution < 1.29 is 14.3 Å². The molecule has 0 bridgehead atoms. The van der Waals surface area contributed by atoms with Crippen molar-refractivity contribution in [3.63, 3.8) is 0 Å². The van der Waals surface area contributed by atoms with E-state index < -0.39 is 5.91 Å². The van der Waals surface area contributed by atoms with Crippen molar-refractivity contribution in [2.45, 2.75) is 25.4 Å². The molecule has 0 saturated carbocycles. The Morgan fingerprint density at radius 3 is 2.85 bits per heavy atom. The van der Waals surface area contributed by atoms with E-state index in [1.54, 1.807) is 24.3 Å². The van der Waals surface area contributed by atoms with Crippen LogP contribution in [0.3, 0.4) is 0 Å². The van der Waals surface area contributed by atoms with Crippen LogP contribution in [0.5, 0.6) is 5.75 Å². The Morgan fingerprint density at radius 2 is 2.00 bits per heavy atom. The lowest BCUT2D eigenvalue weighted by molar-refractivity contribution is -0.119. The lowest BCUT2D eigenvalue weighted by Crippen LogP contribution is -2.40. The monoisotopic (exact) mass is 365 g/mol. The van der Waals surface area contributed by atoms with Gasteiger partial charge in [0.25, 0.3) is 11.8 Å². The summed E-state index contributed by atoms with van der Waals surface area (Å²) in [4.78, 5) is 28.7. The average Bonchev–Trinajstić information content (AvgIpc) is 3.05. The maximum atomic E-state index is 13.4. The molecule has 0 radical (unpaired) electrons. The van der Waals surface area contributed by atoms with Gasteiger partial charge in [-0.3, -0.25) is 14.5 Å². The molecule has 27 heavy (non-hydrogen) atoms. The second-order valence-corrected chi connectivity index (χ2v) is 7.09. The number of hydrogen-bond donors (Lipinski definition) is 1. The van der Waals surface area contributed by atoms with E-state index in [2.05, 4.69) is 11.0 Å². The first kappa shape index (κ1) is 17.5. The number of nitrogens with zero attached hydrogens (tertiary/aromatic N) is 2. The molecule has 1 unspecified atom stereocenters. The number of fused-ring (bicyclic) bond motifs is 2. The van der Waals surface area contributed by atoms with Crippen LogP contribution >= 0.6 is 0 Å². The zero-order chi connectivity index (χ0) is 18.8. The number of amides is 2. The highest BCUT2D eigenvalue weighted by molar-refractivity contribution is 6.06. The molecule has 2 aliphatic heterocycles. The van der Waals surface area contributed by atoms with E-state index >= 15 is 0 Å². The smallest absolute Gasteiger partial charge is 0.258 e. The van der Waals surface area contributed by atoms with Crippen molar-refractivity contribution in [2.75, 3.05) is 24.6 Å². The molecule has 1 fully saturated rings. The van der Waals surface area contributed by atoms with E-state index in [-0.39, 0.29) is 12.5 Å². The normalized spacial score (nSPS) is 19.1. The number of benzene rings is 2. The first-order valence-electron chi connectivity index (χ1n) is 9.27. The molecule has 1 atom stereocenters. The molecule has 140 valence electrons. The van der Waals surface area contributed by atoms with E-state index in [1.807, 2.05) is 23.1 Å². The fraction of sp³-hybridized carbons (Fsp3) is 0.333. The van der Waals surface area contributed by atoms with Crippen LogP contribution in [0.15, 0.2) is 48.5 Å². The summed E-state index contributed by atoms with van der Waals surface area (Å²) in [6.07, 6.45) is 2.28. The molecule has 2 heterocycles. The Balaban J connectivity index is 1.64. The molecule has 6 nitrogen and oxygen atoms in total. The first-order valence-corrected chi connectivity index (χ1v) is 9.27. The lowest BCUT2D eigenvalue weighted by atomic mass is 10.1. The molecule has 2 aromatic rings. The third kappa shape index (κ3) is 3.66. The van der Waals surface area contributed by atoms with E-state index in [4.69, 9.17) is 10.5 Å². The maximum absolute atomic E-state index is 13.4. The predicted molar refractivity (Wildman–Crippen MR) is 103 cm³/mol. The summed E-state index contributed by atoms with van der Waals surface area (Å²) in [5, 5.41) is 0. The Bertz CT molecular complexity index is 867. The Kier molecular flexibility index (Phi) is 4.81. The fourth-order valence-corrected chi connectivity index (χ4v) is 3.97. The van der Waals surface area contributed by atoms with E-state index in [1.165, 1.54) is 12.0 Å². The van der Waals surface area contributed by atoms with Crippen molar-refractivity contribution in [1.82, 2.24) is 4.90 Å². The quantitative estimate of drug-likeness (QED) is 0.901. The number of rotatable bonds is 4. The van der Waals surface area contributed by atoms with Gasteiger partial charge in [-0.2, -0.15) is 0 Å². The van der Waals surface area contributed by atoms with Gasteiger partial charge >= 0.3 is 0 Å². The minimum absolute atomic E-state index is 0.0549. The SMILES string of the molecule is NC(=O)COc1cccc(C(=O)N2CC3CCCN3Cc3ccccc32)c1. The number of carbonyl (C=O) groups is 2. The summed E-state index contributed by atoms with van der Waals surface area (Å²) < 4.78 is 5.36. The van der Waals surface area contributed by atoms with Crippen LogP contribution in [0, 0.1) is 0 Å². The van der Waals surface area contributed by atoms with Crippen molar-refractivity contribution in [3.05, 3.63) is 59.7 Å². The molecular formula is C21H23N3O3. The topological polar surface area (TPSA) is 75.9 Å². The van der Waals surface area contributed by atoms with Gasteiger partial charge in [-0.05, 0) is 49.2 Å². The zero-order valence-corrected chi connectivity index (χ0v) is 15.1. The Hall–Kier alpha value is -2.86. The van der Waals surface area contributed by atoms with E-state index in [9.17, 15) is 9.59 Å². The van der Waals surface area contributed by atoms with Crippen molar-refractivity contribution >= 4 is 17.5 Å². The summed E-state index contributed by atoms with van der Waals surface area (Å²) in [5.74, 6) is -0.138. The maximum Gasteiger partial charge on any atom is 0.258 e. The molecule has 2 amide bonds. The summed E-state index contributed by atoms with van der Waals surface area (Å²) in [6, 6.07) is 15.4. The number of nitrogens with two attached hydrogens (primary N) is 1. The van der Waals surface area contributed by atoms with Gasteiger partial charge in [0.1, 0.15) is 5.75 Å². The number of anilines is 1. The van der Waals surface area contributed by atoms with Crippen LogP contribution in [0.1, 0.15) is 28.8 Å². The highest BCUT2D eigenvalue weighted by Gasteiger charge is 2.33. The summed E-state index contributed by atoms with van der Waals surface area (Å²) >= 11 is 0. The fourth-order valence-electron chi connectivity index (χ4n) is 3.97. The second-order valence-electron chi connectivity index (χ2n) is 7.09. The Morgan fingerprint density at radius 1 is 1.15 bits per heavy atom. The summed E-state index contributed by atoms with van der Waals surface area (Å²) in [6.45, 7) is 2.44. The lowest BCUT2D eigenvalue weighted by Gasteiger charge is -2.26. The van der Waals surface area contributed by atoms with Crippen LogP contribution in [0.25, 0.3) is 0 Å². The minimum atomic E-state index is -0.547. The van der Waals surface area contributed by atoms with Crippen molar-refractivity contribution in [1.29, 1.82) is 0 Å².